The van der Waals surface area contributed by atoms with Gasteiger partial charge in [-0.25, -0.2) is 9.97 Å². The van der Waals surface area contributed by atoms with Gasteiger partial charge in [-0.05, 0) is 32.6 Å². The fourth-order valence-corrected chi connectivity index (χ4v) is 4.02. The molecule has 29 heavy (non-hydrogen) atoms. The topological polar surface area (TPSA) is 68.3 Å². The van der Waals surface area contributed by atoms with Crippen LogP contribution < -0.4 is 10.5 Å². The molecule has 0 saturated carbocycles. The molecule has 1 aliphatic rings. The summed E-state index contributed by atoms with van der Waals surface area (Å²) in [6.07, 6.45) is 3.80. The van der Waals surface area contributed by atoms with Crippen molar-refractivity contribution in [2.45, 2.75) is 59.4 Å². The summed E-state index contributed by atoms with van der Waals surface area (Å²) in [7, 11) is 0. The van der Waals surface area contributed by atoms with Crippen LogP contribution in [0.4, 0.5) is 5.82 Å². The molecule has 7 nitrogen and oxygen atoms in total. The average molecular weight is 395 g/mol. The highest BCUT2D eigenvalue weighted by Gasteiger charge is 2.23. The van der Waals surface area contributed by atoms with E-state index in [2.05, 4.69) is 46.8 Å². The Balaban J connectivity index is 1.46. The Morgan fingerprint density at radius 2 is 1.79 bits per heavy atom. The molecule has 1 fully saturated rings. The minimum Gasteiger partial charge on any atom is -0.356 e. The van der Waals surface area contributed by atoms with E-state index in [9.17, 15) is 4.79 Å². The molecule has 0 N–H and O–H groups in total. The third kappa shape index (κ3) is 4.04. The van der Waals surface area contributed by atoms with E-state index in [1.165, 1.54) is 0 Å². The summed E-state index contributed by atoms with van der Waals surface area (Å²) in [5, 5.41) is 4.61. The maximum Gasteiger partial charge on any atom is 0.253 e. The molecule has 3 aromatic heterocycles. The molecule has 0 bridgehead atoms. The Labute approximate surface area is 171 Å². The van der Waals surface area contributed by atoms with Crippen LogP contribution in [0.3, 0.4) is 0 Å². The van der Waals surface area contributed by atoms with Crippen molar-refractivity contribution in [3.8, 4) is 0 Å². The lowest BCUT2D eigenvalue weighted by Crippen LogP contribution is -2.37. The maximum atomic E-state index is 12.5. The predicted octanol–water partition coefficient (Wildman–Crippen LogP) is 3.12. The van der Waals surface area contributed by atoms with Gasteiger partial charge in [0.25, 0.3) is 5.56 Å². The molecule has 3 aromatic rings. The zero-order valence-electron chi connectivity index (χ0n) is 18.0. The van der Waals surface area contributed by atoms with Crippen molar-refractivity contribution >= 4 is 11.5 Å². The Morgan fingerprint density at radius 3 is 2.45 bits per heavy atom. The number of piperidine rings is 1. The first-order chi connectivity index (χ1) is 13.7. The number of hydrogen-bond donors (Lipinski definition) is 0. The smallest absolute Gasteiger partial charge is 0.253 e. The first-order valence-electron chi connectivity index (χ1n) is 10.4. The van der Waals surface area contributed by atoms with Gasteiger partial charge in [-0.2, -0.15) is 9.61 Å². The number of rotatable bonds is 3. The molecule has 1 aliphatic heterocycles. The van der Waals surface area contributed by atoms with E-state index >= 15 is 0 Å². The summed E-state index contributed by atoms with van der Waals surface area (Å²) in [5.41, 5.74) is 3.67. The summed E-state index contributed by atoms with van der Waals surface area (Å²) in [6.45, 7) is 12.9. The molecule has 0 aromatic carbocycles. The summed E-state index contributed by atoms with van der Waals surface area (Å²) in [5.74, 6) is 1.58. The molecule has 4 heterocycles. The van der Waals surface area contributed by atoms with E-state index in [0.717, 1.165) is 61.0 Å². The number of fused-ring (bicyclic) bond motifs is 1. The molecule has 0 aliphatic carbocycles. The van der Waals surface area contributed by atoms with Crippen LogP contribution in [0.2, 0.25) is 0 Å². The van der Waals surface area contributed by atoms with E-state index in [1.54, 1.807) is 17.0 Å². The van der Waals surface area contributed by atoms with Gasteiger partial charge in [-0.1, -0.05) is 20.8 Å². The quantitative estimate of drug-likeness (QED) is 0.683. The van der Waals surface area contributed by atoms with Crippen molar-refractivity contribution in [1.82, 2.24) is 24.1 Å². The van der Waals surface area contributed by atoms with Crippen molar-refractivity contribution in [2.24, 2.45) is 5.92 Å². The van der Waals surface area contributed by atoms with Crippen LogP contribution in [0.25, 0.3) is 5.65 Å². The number of anilines is 1. The second-order valence-electron chi connectivity index (χ2n) is 9.26. The largest absolute Gasteiger partial charge is 0.356 e. The van der Waals surface area contributed by atoms with Crippen LogP contribution in [0, 0.1) is 19.8 Å². The normalized spacial score (nSPS) is 16.0. The second-order valence-corrected chi connectivity index (χ2v) is 9.26. The second kappa shape index (κ2) is 7.28. The fraction of sp³-hybridized carbons (Fsp3) is 0.545. The summed E-state index contributed by atoms with van der Waals surface area (Å²) >= 11 is 0. The molecule has 0 spiro atoms. The zero-order valence-corrected chi connectivity index (χ0v) is 18.0. The van der Waals surface area contributed by atoms with Gasteiger partial charge in [0.15, 0.2) is 5.65 Å². The van der Waals surface area contributed by atoms with Crippen molar-refractivity contribution in [2.75, 3.05) is 18.0 Å². The molecule has 7 heteroatoms. The number of aryl methyl sites for hydroxylation is 2. The van der Waals surface area contributed by atoms with E-state index in [1.807, 2.05) is 24.4 Å². The van der Waals surface area contributed by atoms with Crippen LogP contribution in [0.5, 0.6) is 0 Å². The van der Waals surface area contributed by atoms with E-state index < -0.39 is 0 Å². The van der Waals surface area contributed by atoms with Gasteiger partial charge in [0.1, 0.15) is 5.82 Å². The van der Waals surface area contributed by atoms with Gasteiger partial charge in [-0.15, -0.1) is 0 Å². The van der Waals surface area contributed by atoms with Gasteiger partial charge in [0.05, 0.1) is 17.7 Å². The molecule has 0 radical (unpaired) electrons. The minimum atomic E-state index is -0.109. The monoisotopic (exact) mass is 394 g/mol. The van der Waals surface area contributed by atoms with Crippen molar-refractivity contribution in [3.05, 3.63) is 52.0 Å². The third-order valence-corrected chi connectivity index (χ3v) is 5.70. The van der Waals surface area contributed by atoms with Gasteiger partial charge < -0.3 is 4.90 Å². The third-order valence-electron chi connectivity index (χ3n) is 5.70. The lowest BCUT2D eigenvalue weighted by atomic mass is 9.92. The van der Waals surface area contributed by atoms with Gasteiger partial charge in [0.2, 0.25) is 0 Å². The molecule has 1 saturated heterocycles. The van der Waals surface area contributed by atoms with Crippen molar-refractivity contribution < 1.29 is 0 Å². The summed E-state index contributed by atoms with van der Waals surface area (Å²) in [4.78, 5) is 24.0. The van der Waals surface area contributed by atoms with Crippen LogP contribution >= 0.6 is 0 Å². The average Bonchev–Trinajstić information content (AvgIpc) is 3.02. The Hall–Kier alpha value is -2.70. The highest BCUT2D eigenvalue weighted by atomic mass is 16.1. The maximum absolute atomic E-state index is 12.5. The predicted molar refractivity (Wildman–Crippen MR) is 115 cm³/mol. The van der Waals surface area contributed by atoms with Crippen LogP contribution in [-0.4, -0.2) is 37.2 Å². The van der Waals surface area contributed by atoms with Crippen LogP contribution in [-0.2, 0) is 12.0 Å². The standard InChI is InChI=1S/C22H30N6O/c1-15-11-20(28-19(24-15)10-16(2)25-28)26-8-6-17(7-9-26)13-27-14-23-18(12-21(27)29)22(3,4)5/h10-12,14,17H,6-9,13H2,1-5H3. The Bertz CT molecular complexity index is 1080. The molecule has 0 unspecified atom stereocenters. The highest BCUT2D eigenvalue weighted by molar-refractivity contribution is 5.52. The van der Waals surface area contributed by atoms with Gasteiger partial charge in [0, 0.05) is 48.9 Å². The summed E-state index contributed by atoms with van der Waals surface area (Å²) < 4.78 is 3.71. The SMILES string of the molecule is Cc1cc(N2CCC(Cn3cnc(C(C)(C)C)cc3=O)CC2)n2nc(C)cc2n1. The van der Waals surface area contributed by atoms with E-state index in [4.69, 9.17) is 0 Å². The number of hydrogen-bond acceptors (Lipinski definition) is 5. The van der Waals surface area contributed by atoms with Crippen LogP contribution in [0.1, 0.15) is 50.7 Å². The van der Waals surface area contributed by atoms with Crippen molar-refractivity contribution in [3.63, 3.8) is 0 Å². The minimum absolute atomic E-state index is 0.0471. The van der Waals surface area contributed by atoms with Crippen LogP contribution in [0.15, 0.2) is 29.3 Å². The fourth-order valence-electron chi connectivity index (χ4n) is 4.02. The Morgan fingerprint density at radius 1 is 1.07 bits per heavy atom. The lowest BCUT2D eigenvalue weighted by molar-refractivity contribution is 0.348. The van der Waals surface area contributed by atoms with E-state index in [0.29, 0.717) is 5.92 Å². The van der Waals surface area contributed by atoms with Gasteiger partial charge in [-0.3, -0.25) is 9.36 Å². The van der Waals surface area contributed by atoms with Gasteiger partial charge >= 0.3 is 0 Å². The number of aromatic nitrogens is 5. The molecular weight excluding hydrogens is 364 g/mol. The number of nitrogens with zero attached hydrogens (tertiary/aromatic N) is 6. The lowest BCUT2D eigenvalue weighted by Gasteiger charge is -2.33. The molecule has 0 atom stereocenters. The Kier molecular flexibility index (Phi) is 4.92. The first kappa shape index (κ1) is 19.6. The zero-order chi connectivity index (χ0) is 20.8. The molecule has 154 valence electrons. The van der Waals surface area contributed by atoms with Crippen molar-refractivity contribution in [1.29, 1.82) is 0 Å². The molecule has 0 amide bonds. The molecular formula is C22H30N6O. The highest BCUT2D eigenvalue weighted by Crippen LogP contribution is 2.25. The van der Waals surface area contributed by atoms with E-state index in [-0.39, 0.29) is 11.0 Å². The summed E-state index contributed by atoms with van der Waals surface area (Å²) in [6, 6.07) is 5.81. The molecule has 4 rings (SSSR count). The first-order valence-corrected chi connectivity index (χ1v) is 10.4.